The fraction of sp³-hybridized carbons (Fsp3) is 0.952. The van der Waals surface area contributed by atoms with Gasteiger partial charge in [-0.2, -0.15) is 0 Å². The summed E-state index contributed by atoms with van der Waals surface area (Å²) in [5, 5.41) is 6.90. The Bertz CT molecular complexity index is 415. The maximum atomic E-state index is 5.48. The van der Waals surface area contributed by atoms with E-state index in [1.807, 2.05) is 0 Å². The van der Waals surface area contributed by atoms with Crippen LogP contribution in [0.5, 0.6) is 0 Å². The summed E-state index contributed by atoms with van der Waals surface area (Å²) in [5.74, 6) is 0.954. The second kappa shape index (κ2) is 12.6. The van der Waals surface area contributed by atoms with Gasteiger partial charge in [-0.15, -0.1) is 0 Å². The molecule has 2 N–H and O–H groups in total. The maximum absolute atomic E-state index is 5.48. The smallest absolute Gasteiger partial charge is 0.191 e. The van der Waals surface area contributed by atoms with Crippen LogP contribution in [0.3, 0.4) is 0 Å². The van der Waals surface area contributed by atoms with Crippen LogP contribution in [-0.4, -0.2) is 86.9 Å². The van der Waals surface area contributed by atoms with Crippen molar-refractivity contribution in [3.8, 4) is 0 Å². The molecule has 2 aliphatic rings. The van der Waals surface area contributed by atoms with Gasteiger partial charge in [-0.05, 0) is 66.1 Å². The second-order valence-corrected chi connectivity index (χ2v) is 8.50. The van der Waals surface area contributed by atoms with E-state index in [2.05, 4.69) is 41.2 Å². The van der Waals surface area contributed by atoms with Gasteiger partial charge < -0.3 is 20.3 Å². The first kappa shape index (κ1) is 22.4. The first-order valence-electron chi connectivity index (χ1n) is 11.2. The average Bonchev–Trinajstić information content (AvgIpc) is 2.70. The van der Waals surface area contributed by atoms with E-state index in [0.717, 1.165) is 51.9 Å². The first-order valence-corrected chi connectivity index (χ1v) is 11.2. The predicted octanol–water partition coefficient (Wildman–Crippen LogP) is 2.31. The molecule has 0 aromatic carbocycles. The molecule has 158 valence electrons. The highest BCUT2D eigenvalue weighted by Gasteiger charge is 2.28. The van der Waals surface area contributed by atoms with Crippen LogP contribution in [0.4, 0.5) is 0 Å². The predicted molar refractivity (Wildman–Crippen MR) is 115 cm³/mol. The fourth-order valence-electron chi connectivity index (χ4n) is 3.91. The van der Waals surface area contributed by atoms with E-state index < -0.39 is 0 Å². The van der Waals surface area contributed by atoms with Gasteiger partial charge in [0.05, 0.1) is 19.8 Å². The van der Waals surface area contributed by atoms with Crippen molar-refractivity contribution in [1.29, 1.82) is 0 Å². The summed E-state index contributed by atoms with van der Waals surface area (Å²) in [6, 6.07) is 0. The van der Waals surface area contributed by atoms with Crippen molar-refractivity contribution < 1.29 is 4.74 Å². The number of unbranched alkanes of at least 4 members (excludes halogenated alkanes) is 2. The minimum atomic E-state index is 0.0700. The zero-order valence-electron chi connectivity index (χ0n) is 18.1. The molecule has 0 atom stereocenters. The molecule has 27 heavy (non-hydrogen) atoms. The van der Waals surface area contributed by atoms with E-state index in [1.54, 1.807) is 0 Å². The number of nitrogens with one attached hydrogen (secondary N) is 2. The van der Waals surface area contributed by atoms with Gasteiger partial charge in [0.2, 0.25) is 0 Å². The fourth-order valence-corrected chi connectivity index (χ4v) is 3.91. The number of hydrogen-bond acceptors (Lipinski definition) is 4. The lowest BCUT2D eigenvalue weighted by atomic mass is 10.0. The molecule has 0 aliphatic carbocycles. The van der Waals surface area contributed by atoms with Crippen LogP contribution in [-0.2, 0) is 4.74 Å². The largest absolute Gasteiger partial charge is 0.379 e. The molecule has 2 saturated heterocycles. The normalized spacial score (nSPS) is 20.6. The Kier molecular flexibility index (Phi) is 10.5. The van der Waals surface area contributed by atoms with Crippen LogP contribution in [0, 0.1) is 0 Å². The van der Waals surface area contributed by atoms with E-state index in [9.17, 15) is 0 Å². The van der Waals surface area contributed by atoms with Gasteiger partial charge in [0.25, 0.3) is 0 Å². The molecular weight excluding hydrogens is 338 g/mol. The molecule has 2 rings (SSSR count). The SMILES string of the molecule is CCNC(=NCC(C)(C)N1CCOCC1)NCCCCCN1CCCCC1. The minimum Gasteiger partial charge on any atom is -0.379 e. The van der Waals surface area contributed by atoms with E-state index >= 15 is 0 Å². The van der Waals surface area contributed by atoms with Crippen molar-refractivity contribution in [2.75, 3.05) is 65.6 Å². The van der Waals surface area contributed by atoms with Crippen molar-refractivity contribution in [2.45, 2.75) is 64.8 Å². The van der Waals surface area contributed by atoms with Gasteiger partial charge in [-0.1, -0.05) is 12.8 Å². The number of hydrogen-bond donors (Lipinski definition) is 2. The summed E-state index contributed by atoms with van der Waals surface area (Å²) in [7, 11) is 0. The van der Waals surface area contributed by atoms with Crippen LogP contribution >= 0.6 is 0 Å². The Morgan fingerprint density at radius 1 is 0.963 bits per heavy atom. The minimum absolute atomic E-state index is 0.0700. The monoisotopic (exact) mass is 381 g/mol. The summed E-state index contributed by atoms with van der Waals surface area (Å²) in [6.07, 6.45) is 8.04. The quantitative estimate of drug-likeness (QED) is 0.345. The van der Waals surface area contributed by atoms with Crippen LogP contribution in [0.1, 0.15) is 59.3 Å². The lowest BCUT2D eigenvalue weighted by Crippen LogP contribution is -2.52. The molecule has 0 unspecified atom stereocenters. The molecule has 0 bridgehead atoms. The van der Waals surface area contributed by atoms with Crippen LogP contribution < -0.4 is 10.6 Å². The molecule has 0 saturated carbocycles. The molecule has 2 heterocycles. The molecule has 0 aromatic heterocycles. The maximum Gasteiger partial charge on any atom is 0.191 e. The van der Waals surface area contributed by atoms with E-state index in [1.165, 1.54) is 58.2 Å². The van der Waals surface area contributed by atoms with E-state index in [-0.39, 0.29) is 5.54 Å². The summed E-state index contributed by atoms with van der Waals surface area (Å²) in [6.45, 7) is 17.0. The van der Waals surface area contributed by atoms with Gasteiger partial charge in [0.1, 0.15) is 0 Å². The number of guanidine groups is 1. The Hall–Kier alpha value is -0.850. The van der Waals surface area contributed by atoms with Gasteiger partial charge >= 0.3 is 0 Å². The lowest BCUT2D eigenvalue weighted by molar-refractivity contribution is -0.00683. The molecule has 0 radical (unpaired) electrons. The van der Waals surface area contributed by atoms with Crippen LogP contribution in [0.2, 0.25) is 0 Å². The van der Waals surface area contributed by atoms with Crippen molar-refractivity contribution in [3.05, 3.63) is 0 Å². The van der Waals surface area contributed by atoms with E-state index in [0.29, 0.717) is 0 Å². The Morgan fingerprint density at radius 2 is 1.70 bits per heavy atom. The van der Waals surface area contributed by atoms with Crippen LogP contribution in [0.25, 0.3) is 0 Å². The third kappa shape index (κ3) is 8.79. The molecule has 2 aliphatic heterocycles. The Balaban J connectivity index is 1.63. The first-order chi connectivity index (χ1) is 13.1. The highest BCUT2D eigenvalue weighted by Crippen LogP contribution is 2.16. The number of piperidine rings is 1. The summed E-state index contributed by atoms with van der Waals surface area (Å²) < 4.78 is 5.48. The molecule has 2 fully saturated rings. The molecule has 0 spiro atoms. The zero-order chi connectivity index (χ0) is 19.4. The summed E-state index contributed by atoms with van der Waals surface area (Å²) in [5.41, 5.74) is 0.0700. The number of nitrogens with zero attached hydrogens (tertiary/aromatic N) is 3. The van der Waals surface area contributed by atoms with Gasteiger partial charge in [-0.25, -0.2) is 0 Å². The van der Waals surface area contributed by atoms with Crippen molar-refractivity contribution in [1.82, 2.24) is 20.4 Å². The zero-order valence-corrected chi connectivity index (χ0v) is 18.1. The van der Waals surface area contributed by atoms with Gasteiger partial charge in [0.15, 0.2) is 5.96 Å². The summed E-state index contributed by atoms with van der Waals surface area (Å²) in [4.78, 5) is 9.98. The molecular formula is C21H43N5O. The molecule has 0 aromatic rings. The van der Waals surface area contributed by atoms with Crippen molar-refractivity contribution in [2.24, 2.45) is 4.99 Å². The number of morpholine rings is 1. The topological polar surface area (TPSA) is 52.1 Å². The van der Waals surface area contributed by atoms with E-state index in [4.69, 9.17) is 9.73 Å². The van der Waals surface area contributed by atoms with Crippen molar-refractivity contribution in [3.63, 3.8) is 0 Å². The molecule has 6 nitrogen and oxygen atoms in total. The third-order valence-corrected chi connectivity index (χ3v) is 5.73. The van der Waals surface area contributed by atoms with Gasteiger partial charge in [-0.3, -0.25) is 9.89 Å². The number of likely N-dealkylation sites (tertiary alicyclic amines) is 1. The standard InChI is InChI=1S/C21H43N5O/c1-4-22-20(24-19-21(2,3)26-15-17-27-18-16-26)23-11-7-5-8-12-25-13-9-6-10-14-25/h4-19H2,1-3H3,(H2,22,23,24). The van der Waals surface area contributed by atoms with Gasteiger partial charge in [0, 0.05) is 31.7 Å². The average molecular weight is 382 g/mol. The molecule has 6 heteroatoms. The van der Waals surface area contributed by atoms with Crippen molar-refractivity contribution >= 4 is 5.96 Å². The summed E-state index contributed by atoms with van der Waals surface area (Å²) >= 11 is 0. The molecule has 0 amide bonds. The number of ether oxygens (including phenoxy) is 1. The third-order valence-electron chi connectivity index (χ3n) is 5.73. The van der Waals surface area contributed by atoms with Crippen LogP contribution in [0.15, 0.2) is 4.99 Å². The number of aliphatic imine (C=N–C) groups is 1. The Morgan fingerprint density at radius 3 is 2.41 bits per heavy atom. The Labute approximate surface area is 167 Å². The highest BCUT2D eigenvalue weighted by molar-refractivity contribution is 5.79. The lowest BCUT2D eigenvalue weighted by Gasteiger charge is -2.39. The highest BCUT2D eigenvalue weighted by atomic mass is 16.5. The number of rotatable bonds is 10. The second-order valence-electron chi connectivity index (χ2n) is 8.50.